The van der Waals surface area contributed by atoms with Gasteiger partial charge in [-0.25, -0.2) is 0 Å². The molecule has 92 valence electrons. The summed E-state index contributed by atoms with van der Waals surface area (Å²) >= 11 is 0. The Morgan fingerprint density at radius 3 is 2.59 bits per heavy atom. The normalized spacial score (nSPS) is 11.5. The molecule has 1 atom stereocenters. The van der Waals surface area contributed by atoms with Gasteiger partial charge in [0.05, 0.1) is 6.61 Å². The van der Waals surface area contributed by atoms with Crippen molar-refractivity contribution in [1.82, 2.24) is 0 Å². The van der Waals surface area contributed by atoms with Crippen molar-refractivity contribution in [3.63, 3.8) is 0 Å². The van der Waals surface area contributed by atoms with Gasteiger partial charge in [-0.2, -0.15) is 0 Å². The second kappa shape index (κ2) is 7.76. The summed E-state index contributed by atoms with van der Waals surface area (Å²) in [5, 5.41) is 0. The molecule has 0 bridgehead atoms. The van der Waals surface area contributed by atoms with Crippen molar-refractivity contribution < 1.29 is 4.74 Å². The first-order valence-electron chi connectivity index (χ1n) is 6.13. The Balaban J connectivity index is 2.41. The maximum absolute atomic E-state index is 5.91. The van der Waals surface area contributed by atoms with Gasteiger partial charge in [-0.15, -0.1) is 11.8 Å². The van der Waals surface area contributed by atoms with Crippen LogP contribution >= 0.6 is 0 Å². The first kappa shape index (κ1) is 13.6. The summed E-state index contributed by atoms with van der Waals surface area (Å²) in [6.45, 7) is 4.59. The fraction of sp³-hybridized carbons (Fsp3) is 0.467. The highest BCUT2D eigenvalue weighted by Crippen LogP contribution is 2.13. The van der Waals surface area contributed by atoms with Gasteiger partial charge in [0.25, 0.3) is 0 Å². The zero-order chi connectivity index (χ0) is 12.5. The minimum Gasteiger partial charge on any atom is -0.493 e. The van der Waals surface area contributed by atoms with E-state index in [-0.39, 0.29) is 6.04 Å². The van der Waals surface area contributed by atoms with Crippen LogP contribution in [0.3, 0.4) is 0 Å². The molecule has 17 heavy (non-hydrogen) atoms. The molecule has 0 aliphatic carbocycles. The molecule has 2 heteroatoms. The lowest BCUT2D eigenvalue weighted by atomic mass is 10.0. The average Bonchev–Trinajstić information content (AvgIpc) is 2.36. The highest BCUT2D eigenvalue weighted by atomic mass is 16.5. The third-order valence-electron chi connectivity index (χ3n) is 2.62. The van der Waals surface area contributed by atoms with Crippen LogP contribution in [0.4, 0.5) is 0 Å². The van der Waals surface area contributed by atoms with Gasteiger partial charge >= 0.3 is 0 Å². The summed E-state index contributed by atoms with van der Waals surface area (Å²) in [7, 11) is 0. The summed E-state index contributed by atoms with van der Waals surface area (Å²) in [6.07, 6.45) is 2.71. The van der Waals surface area contributed by atoms with Gasteiger partial charge in [0, 0.05) is 12.5 Å². The monoisotopic (exact) mass is 231 g/mol. The summed E-state index contributed by atoms with van der Waals surface area (Å²) in [6, 6.07) is 8.41. The zero-order valence-corrected chi connectivity index (χ0v) is 10.7. The van der Waals surface area contributed by atoms with E-state index in [1.807, 2.05) is 19.1 Å². The summed E-state index contributed by atoms with van der Waals surface area (Å²) in [5.41, 5.74) is 7.17. The van der Waals surface area contributed by atoms with E-state index >= 15 is 0 Å². The molecular formula is C15H21NO. The molecule has 0 amide bonds. The lowest BCUT2D eigenvalue weighted by Gasteiger charge is -2.09. The third kappa shape index (κ3) is 5.42. The molecule has 0 saturated heterocycles. The first-order valence-corrected chi connectivity index (χ1v) is 6.13. The highest BCUT2D eigenvalue weighted by Gasteiger charge is 2.01. The maximum atomic E-state index is 5.91. The van der Waals surface area contributed by atoms with Gasteiger partial charge in [0.1, 0.15) is 5.75 Å². The van der Waals surface area contributed by atoms with Gasteiger partial charge < -0.3 is 10.5 Å². The van der Waals surface area contributed by atoms with Crippen LogP contribution in [0.1, 0.15) is 32.3 Å². The molecule has 1 aromatic rings. The second-order valence-corrected chi connectivity index (χ2v) is 4.04. The van der Waals surface area contributed by atoms with E-state index in [4.69, 9.17) is 10.5 Å². The van der Waals surface area contributed by atoms with Crippen molar-refractivity contribution in [2.45, 2.75) is 39.2 Å². The quantitative estimate of drug-likeness (QED) is 0.603. The SMILES string of the molecule is CC#CCCOc1ccc(CC(N)CC)cc1. The van der Waals surface area contributed by atoms with Gasteiger partial charge in [-0.3, -0.25) is 0 Å². The fourth-order valence-corrected chi connectivity index (χ4v) is 1.51. The van der Waals surface area contributed by atoms with Crippen LogP contribution in [-0.4, -0.2) is 12.6 Å². The summed E-state index contributed by atoms with van der Waals surface area (Å²) < 4.78 is 5.56. The second-order valence-electron chi connectivity index (χ2n) is 4.04. The van der Waals surface area contributed by atoms with Crippen molar-refractivity contribution in [1.29, 1.82) is 0 Å². The molecule has 0 heterocycles. The van der Waals surface area contributed by atoms with Gasteiger partial charge in [0.2, 0.25) is 0 Å². The molecule has 0 spiro atoms. The van der Waals surface area contributed by atoms with Crippen molar-refractivity contribution in [3.8, 4) is 17.6 Å². The first-order chi connectivity index (χ1) is 8.26. The van der Waals surface area contributed by atoms with Crippen LogP contribution in [0.25, 0.3) is 0 Å². The molecule has 0 aliphatic rings. The number of hydrogen-bond acceptors (Lipinski definition) is 2. The molecule has 1 unspecified atom stereocenters. The van der Waals surface area contributed by atoms with E-state index in [1.54, 1.807) is 0 Å². The van der Waals surface area contributed by atoms with Crippen molar-refractivity contribution in [2.75, 3.05) is 6.61 Å². The van der Waals surface area contributed by atoms with E-state index in [0.717, 1.165) is 25.0 Å². The third-order valence-corrected chi connectivity index (χ3v) is 2.62. The molecule has 0 fully saturated rings. The fourth-order valence-electron chi connectivity index (χ4n) is 1.51. The van der Waals surface area contributed by atoms with Gasteiger partial charge in [-0.05, 0) is 37.5 Å². The van der Waals surface area contributed by atoms with E-state index in [1.165, 1.54) is 5.56 Å². The van der Waals surface area contributed by atoms with Crippen LogP contribution in [0.15, 0.2) is 24.3 Å². The zero-order valence-electron chi connectivity index (χ0n) is 10.7. The number of ether oxygens (including phenoxy) is 1. The molecule has 1 aromatic carbocycles. The standard InChI is InChI=1S/C15H21NO/c1-3-5-6-11-17-15-9-7-13(8-10-15)12-14(16)4-2/h7-10,14H,4,6,11-12,16H2,1-2H3. The number of rotatable bonds is 6. The molecule has 0 saturated carbocycles. The van der Waals surface area contributed by atoms with Gasteiger partial charge in [-0.1, -0.05) is 19.1 Å². The molecule has 1 rings (SSSR count). The molecule has 2 N–H and O–H groups in total. The Kier molecular flexibility index (Phi) is 6.21. The topological polar surface area (TPSA) is 35.2 Å². The Labute approximate surface area is 104 Å². The average molecular weight is 231 g/mol. The number of hydrogen-bond donors (Lipinski definition) is 1. The van der Waals surface area contributed by atoms with Crippen LogP contribution in [-0.2, 0) is 6.42 Å². The Morgan fingerprint density at radius 1 is 1.29 bits per heavy atom. The minimum atomic E-state index is 0.251. The summed E-state index contributed by atoms with van der Waals surface area (Å²) in [4.78, 5) is 0. The number of nitrogens with two attached hydrogens (primary N) is 1. The molecular weight excluding hydrogens is 210 g/mol. The molecule has 2 nitrogen and oxygen atoms in total. The van der Waals surface area contributed by atoms with Crippen LogP contribution in [0.5, 0.6) is 5.75 Å². The van der Waals surface area contributed by atoms with Crippen LogP contribution < -0.4 is 10.5 Å². The van der Waals surface area contributed by atoms with Gasteiger partial charge in [0.15, 0.2) is 0 Å². The predicted octanol–water partition coefficient (Wildman–Crippen LogP) is 2.76. The van der Waals surface area contributed by atoms with Crippen molar-refractivity contribution in [2.24, 2.45) is 5.73 Å². The maximum Gasteiger partial charge on any atom is 0.119 e. The van der Waals surface area contributed by atoms with Crippen molar-refractivity contribution >= 4 is 0 Å². The Morgan fingerprint density at radius 2 is 2.00 bits per heavy atom. The Hall–Kier alpha value is -1.46. The van der Waals surface area contributed by atoms with Crippen LogP contribution in [0, 0.1) is 11.8 Å². The lowest BCUT2D eigenvalue weighted by Crippen LogP contribution is -2.21. The van der Waals surface area contributed by atoms with E-state index in [2.05, 4.69) is 30.9 Å². The molecule has 0 radical (unpaired) electrons. The summed E-state index contributed by atoms with van der Waals surface area (Å²) in [5.74, 6) is 6.72. The largest absolute Gasteiger partial charge is 0.493 e. The van der Waals surface area contributed by atoms with Crippen LogP contribution in [0.2, 0.25) is 0 Å². The predicted molar refractivity (Wildman–Crippen MR) is 72.0 cm³/mol. The lowest BCUT2D eigenvalue weighted by molar-refractivity contribution is 0.327. The van der Waals surface area contributed by atoms with Crippen molar-refractivity contribution in [3.05, 3.63) is 29.8 Å². The number of benzene rings is 1. The Bertz CT molecular complexity index is 372. The highest BCUT2D eigenvalue weighted by molar-refractivity contribution is 5.27. The van der Waals surface area contributed by atoms with E-state index < -0.39 is 0 Å². The smallest absolute Gasteiger partial charge is 0.119 e. The molecule has 0 aliphatic heterocycles. The van der Waals surface area contributed by atoms with E-state index in [0.29, 0.717) is 6.61 Å². The molecule has 0 aromatic heterocycles. The van der Waals surface area contributed by atoms with E-state index in [9.17, 15) is 0 Å². The minimum absolute atomic E-state index is 0.251.